The number of sulfone groups is 1. The highest BCUT2D eigenvalue weighted by molar-refractivity contribution is 7.91. The molecule has 0 aliphatic heterocycles. The summed E-state index contributed by atoms with van der Waals surface area (Å²) in [7, 11) is -3.02. The van der Waals surface area contributed by atoms with Crippen molar-refractivity contribution in [1.82, 2.24) is 0 Å². The third kappa shape index (κ3) is 1.99. The average molecular weight is 239 g/mol. The van der Waals surface area contributed by atoms with Gasteiger partial charge in [-0.3, -0.25) is 0 Å². The molecule has 1 fully saturated rings. The zero-order valence-electron chi connectivity index (χ0n) is 9.55. The first-order chi connectivity index (χ1) is 7.45. The Balaban J connectivity index is 2.21. The van der Waals surface area contributed by atoms with E-state index in [4.69, 9.17) is 5.73 Å². The van der Waals surface area contributed by atoms with Crippen LogP contribution in [-0.4, -0.2) is 26.0 Å². The molecule has 16 heavy (non-hydrogen) atoms. The molecule has 1 aliphatic rings. The predicted molar refractivity (Wildman–Crippen MR) is 65.2 cm³/mol. The van der Waals surface area contributed by atoms with Gasteiger partial charge in [-0.25, -0.2) is 8.42 Å². The molecule has 0 aromatic heterocycles. The number of rotatable bonds is 3. The van der Waals surface area contributed by atoms with Crippen LogP contribution in [0.5, 0.6) is 0 Å². The van der Waals surface area contributed by atoms with Crippen molar-refractivity contribution in [2.45, 2.75) is 30.6 Å². The zero-order chi connectivity index (χ0) is 11.9. The Labute approximate surface area is 96.6 Å². The topological polar surface area (TPSA) is 60.2 Å². The van der Waals surface area contributed by atoms with E-state index in [1.165, 1.54) is 11.8 Å². The molecule has 88 valence electrons. The van der Waals surface area contributed by atoms with Gasteiger partial charge in [0.25, 0.3) is 0 Å². The summed E-state index contributed by atoms with van der Waals surface area (Å²) >= 11 is 0. The van der Waals surface area contributed by atoms with E-state index in [-0.39, 0.29) is 17.2 Å². The Hall–Kier alpha value is -0.870. The molecule has 2 rings (SSSR count). The second-order valence-corrected chi connectivity index (χ2v) is 6.70. The molecular weight excluding hydrogens is 222 g/mol. The van der Waals surface area contributed by atoms with Crippen LogP contribution in [0.25, 0.3) is 0 Å². The Morgan fingerprint density at radius 1 is 1.25 bits per heavy atom. The highest BCUT2D eigenvalue weighted by atomic mass is 32.2. The molecule has 0 spiro atoms. The zero-order valence-corrected chi connectivity index (χ0v) is 10.4. The minimum absolute atomic E-state index is 0.0130. The van der Waals surface area contributed by atoms with E-state index in [1.807, 2.05) is 24.3 Å². The molecule has 1 aromatic rings. The Morgan fingerprint density at radius 2 is 1.81 bits per heavy atom. The summed E-state index contributed by atoms with van der Waals surface area (Å²) in [5.74, 6) is -0.0130. The summed E-state index contributed by atoms with van der Waals surface area (Å²) in [5.41, 5.74) is 8.12. The first kappa shape index (κ1) is 11.6. The van der Waals surface area contributed by atoms with Crippen LogP contribution in [-0.2, 0) is 16.3 Å². The van der Waals surface area contributed by atoms with Gasteiger partial charge in [-0.1, -0.05) is 31.2 Å². The molecule has 3 nitrogen and oxygen atoms in total. The Bertz CT molecular complexity index is 478. The van der Waals surface area contributed by atoms with E-state index in [0.29, 0.717) is 0 Å². The molecule has 0 amide bonds. The lowest BCUT2D eigenvalue weighted by Crippen LogP contribution is -2.13. The van der Waals surface area contributed by atoms with Gasteiger partial charge in [0.2, 0.25) is 0 Å². The largest absolute Gasteiger partial charge is 0.326 e. The van der Waals surface area contributed by atoms with E-state index in [9.17, 15) is 8.42 Å². The number of aryl methyl sites for hydroxylation is 1. The highest BCUT2D eigenvalue weighted by Crippen LogP contribution is 2.44. The van der Waals surface area contributed by atoms with Gasteiger partial charge < -0.3 is 5.73 Å². The standard InChI is InChI=1S/C12H17NO2S/c1-3-8-4-6-9(7-5-8)10-11(13)12(10)16(2,14)15/h4-7,10-12H,3,13H2,1-2H3. The van der Waals surface area contributed by atoms with Gasteiger partial charge in [-0.05, 0) is 17.5 Å². The van der Waals surface area contributed by atoms with Crippen LogP contribution in [0.3, 0.4) is 0 Å². The third-order valence-corrected chi connectivity index (χ3v) is 4.87. The molecule has 0 radical (unpaired) electrons. The molecule has 3 atom stereocenters. The van der Waals surface area contributed by atoms with E-state index in [1.54, 1.807) is 0 Å². The van der Waals surface area contributed by atoms with Crippen LogP contribution in [0.1, 0.15) is 24.0 Å². The third-order valence-electron chi connectivity index (χ3n) is 3.27. The van der Waals surface area contributed by atoms with E-state index < -0.39 is 9.84 Å². The summed E-state index contributed by atoms with van der Waals surface area (Å²) in [5, 5.41) is -0.389. The fraction of sp³-hybridized carbons (Fsp3) is 0.500. The summed E-state index contributed by atoms with van der Waals surface area (Å²) in [4.78, 5) is 0. The molecule has 4 heteroatoms. The monoisotopic (exact) mass is 239 g/mol. The van der Waals surface area contributed by atoms with Crippen molar-refractivity contribution in [3.05, 3.63) is 35.4 Å². The molecule has 1 aliphatic carbocycles. The van der Waals surface area contributed by atoms with E-state index in [2.05, 4.69) is 6.92 Å². The van der Waals surface area contributed by atoms with Gasteiger partial charge in [0.1, 0.15) is 0 Å². The lowest BCUT2D eigenvalue weighted by atomic mass is 10.1. The van der Waals surface area contributed by atoms with Crippen molar-refractivity contribution in [3.63, 3.8) is 0 Å². The summed E-state index contributed by atoms with van der Waals surface area (Å²) in [6.07, 6.45) is 2.25. The molecule has 1 aromatic carbocycles. The maximum Gasteiger partial charge on any atom is 0.152 e. The highest BCUT2D eigenvalue weighted by Gasteiger charge is 2.54. The van der Waals surface area contributed by atoms with Crippen LogP contribution in [0.2, 0.25) is 0 Å². The van der Waals surface area contributed by atoms with Crippen molar-refractivity contribution < 1.29 is 8.42 Å². The van der Waals surface area contributed by atoms with Gasteiger partial charge in [0.05, 0.1) is 5.25 Å². The van der Waals surface area contributed by atoms with Gasteiger partial charge >= 0.3 is 0 Å². The van der Waals surface area contributed by atoms with E-state index >= 15 is 0 Å². The normalized spacial score (nSPS) is 29.1. The summed E-state index contributed by atoms with van der Waals surface area (Å²) < 4.78 is 22.9. The maximum atomic E-state index is 11.4. The lowest BCUT2D eigenvalue weighted by molar-refractivity contribution is 0.599. The van der Waals surface area contributed by atoms with Gasteiger partial charge in [0.15, 0.2) is 9.84 Å². The average Bonchev–Trinajstić information content (AvgIpc) is 2.90. The van der Waals surface area contributed by atoms with Gasteiger partial charge in [-0.2, -0.15) is 0 Å². The number of hydrogen-bond acceptors (Lipinski definition) is 3. The number of benzene rings is 1. The molecular formula is C12H17NO2S. The van der Waals surface area contributed by atoms with E-state index in [0.717, 1.165) is 12.0 Å². The first-order valence-electron chi connectivity index (χ1n) is 5.48. The maximum absolute atomic E-state index is 11.4. The van der Waals surface area contributed by atoms with Crippen molar-refractivity contribution in [1.29, 1.82) is 0 Å². The van der Waals surface area contributed by atoms with Crippen LogP contribution < -0.4 is 5.73 Å². The minimum atomic E-state index is -3.02. The number of hydrogen-bond donors (Lipinski definition) is 1. The van der Waals surface area contributed by atoms with Crippen molar-refractivity contribution in [2.75, 3.05) is 6.26 Å². The molecule has 2 N–H and O–H groups in total. The summed E-state index contributed by atoms with van der Waals surface area (Å²) in [6, 6.07) is 7.84. The van der Waals surface area contributed by atoms with Crippen LogP contribution >= 0.6 is 0 Å². The lowest BCUT2D eigenvalue weighted by Gasteiger charge is -2.01. The van der Waals surface area contributed by atoms with Crippen LogP contribution in [0, 0.1) is 0 Å². The molecule has 0 saturated heterocycles. The second kappa shape index (κ2) is 3.86. The Kier molecular flexibility index (Phi) is 2.80. The second-order valence-electron chi connectivity index (χ2n) is 4.49. The molecule has 3 unspecified atom stereocenters. The number of nitrogens with two attached hydrogens (primary N) is 1. The predicted octanol–water partition coefficient (Wildman–Crippen LogP) is 1.09. The van der Waals surface area contributed by atoms with Gasteiger partial charge in [0, 0.05) is 18.2 Å². The molecule has 1 saturated carbocycles. The fourth-order valence-electron chi connectivity index (χ4n) is 2.24. The molecule has 0 heterocycles. The van der Waals surface area contributed by atoms with Gasteiger partial charge in [-0.15, -0.1) is 0 Å². The SMILES string of the molecule is CCc1ccc(C2C(N)C2S(C)(=O)=O)cc1. The van der Waals surface area contributed by atoms with Crippen molar-refractivity contribution >= 4 is 9.84 Å². The van der Waals surface area contributed by atoms with Crippen LogP contribution in [0.4, 0.5) is 0 Å². The van der Waals surface area contributed by atoms with Crippen molar-refractivity contribution in [2.24, 2.45) is 5.73 Å². The smallest absolute Gasteiger partial charge is 0.152 e. The summed E-state index contributed by atoms with van der Waals surface area (Å²) in [6.45, 7) is 2.09. The quantitative estimate of drug-likeness (QED) is 0.859. The minimum Gasteiger partial charge on any atom is -0.326 e. The molecule has 0 bridgehead atoms. The van der Waals surface area contributed by atoms with Crippen LogP contribution in [0.15, 0.2) is 24.3 Å². The fourth-order valence-corrected chi connectivity index (χ4v) is 3.77. The Morgan fingerprint density at radius 3 is 2.19 bits per heavy atom. The van der Waals surface area contributed by atoms with Crippen molar-refractivity contribution in [3.8, 4) is 0 Å². The first-order valence-corrected chi connectivity index (χ1v) is 7.44.